The minimum atomic E-state index is -0.173. The van der Waals surface area contributed by atoms with Crippen LogP contribution in [0.15, 0.2) is 85.7 Å². The molecule has 0 bridgehead atoms. The Morgan fingerprint density at radius 3 is 1.20 bits per heavy atom. The van der Waals surface area contributed by atoms with Crippen LogP contribution in [0.2, 0.25) is 0 Å². The number of amides is 2. The lowest BCUT2D eigenvalue weighted by Crippen LogP contribution is -2.30. The fraction of sp³-hybridized carbons (Fsp3) is 0.188. The SMILES string of the molecule is CC(C)NC(=O)c1ccc(C#Cc2ccncc2)cn1.CC(C)NC(=O)c1ccc(C#Cc2ccncc2)cn1. The fourth-order valence-corrected chi connectivity index (χ4v) is 3.04. The molecule has 2 N–H and O–H groups in total. The highest BCUT2D eigenvalue weighted by atomic mass is 16.2. The first kappa shape index (κ1) is 29.2. The molecule has 0 saturated heterocycles. The highest BCUT2D eigenvalue weighted by molar-refractivity contribution is 5.92. The summed E-state index contributed by atoms with van der Waals surface area (Å²) in [5, 5.41) is 5.58. The maximum atomic E-state index is 11.7. The first-order chi connectivity index (χ1) is 19.3. The third-order valence-electron chi connectivity index (χ3n) is 4.89. The summed E-state index contributed by atoms with van der Waals surface area (Å²) in [6.07, 6.45) is 9.99. The van der Waals surface area contributed by atoms with Crippen molar-refractivity contribution in [3.05, 3.63) is 119 Å². The summed E-state index contributed by atoms with van der Waals surface area (Å²) >= 11 is 0. The molecule has 8 nitrogen and oxygen atoms in total. The van der Waals surface area contributed by atoms with Crippen LogP contribution in [0.4, 0.5) is 0 Å². The second kappa shape index (κ2) is 15.2. The van der Waals surface area contributed by atoms with Crippen LogP contribution < -0.4 is 10.6 Å². The van der Waals surface area contributed by atoms with Gasteiger partial charge in [0.05, 0.1) is 0 Å². The van der Waals surface area contributed by atoms with Crippen LogP contribution in [0.1, 0.15) is 70.9 Å². The van der Waals surface area contributed by atoms with Crippen molar-refractivity contribution in [1.29, 1.82) is 0 Å². The molecule has 0 fully saturated rings. The summed E-state index contributed by atoms with van der Waals surface area (Å²) in [7, 11) is 0. The normalized spacial score (nSPS) is 9.75. The Labute approximate surface area is 234 Å². The van der Waals surface area contributed by atoms with E-state index in [0.717, 1.165) is 22.3 Å². The molecule has 4 rings (SSSR count). The van der Waals surface area contributed by atoms with Gasteiger partial charge in [-0.2, -0.15) is 0 Å². The van der Waals surface area contributed by atoms with E-state index in [1.807, 2.05) is 52.0 Å². The molecule has 0 radical (unpaired) electrons. The molecule has 2 amide bonds. The lowest BCUT2D eigenvalue weighted by molar-refractivity contribution is 0.0929. The maximum Gasteiger partial charge on any atom is 0.270 e. The Morgan fingerprint density at radius 1 is 0.550 bits per heavy atom. The monoisotopic (exact) mass is 530 g/mol. The molecule has 0 aliphatic heterocycles. The predicted octanol–water partition coefficient (Wildman–Crippen LogP) is 4.03. The molecule has 0 atom stereocenters. The van der Waals surface area contributed by atoms with Crippen LogP contribution in [0, 0.1) is 23.7 Å². The van der Waals surface area contributed by atoms with E-state index in [1.54, 1.807) is 61.4 Å². The Balaban J connectivity index is 0.000000220. The second-order valence-electron chi connectivity index (χ2n) is 9.09. The summed E-state index contributed by atoms with van der Waals surface area (Å²) in [5.41, 5.74) is 4.11. The fourth-order valence-electron chi connectivity index (χ4n) is 3.04. The van der Waals surface area contributed by atoms with Crippen molar-refractivity contribution in [2.24, 2.45) is 0 Å². The zero-order valence-electron chi connectivity index (χ0n) is 22.8. The van der Waals surface area contributed by atoms with Crippen LogP contribution >= 0.6 is 0 Å². The van der Waals surface area contributed by atoms with Crippen LogP contribution in [0.3, 0.4) is 0 Å². The molecule has 0 unspecified atom stereocenters. The van der Waals surface area contributed by atoms with Crippen molar-refractivity contribution < 1.29 is 9.59 Å². The minimum Gasteiger partial charge on any atom is -0.349 e. The average Bonchev–Trinajstić information content (AvgIpc) is 2.96. The van der Waals surface area contributed by atoms with Crippen molar-refractivity contribution >= 4 is 11.8 Å². The summed E-state index contributed by atoms with van der Waals surface area (Å²) < 4.78 is 0. The molecule has 0 spiro atoms. The van der Waals surface area contributed by atoms with Gasteiger partial charge in [-0.15, -0.1) is 0 Å². The zero-order chi connectivity index (χ0) is 28.7. The van der Waals surface area contributed by atoms with E-state index in [1.165, 1.54) is 0 Å². The number of hydrogen-bond donors (Lipinski definition) is 2. The molecule has 200 valence electrons. The van der Waals surface area contributed by atoms with Crippen LogP contribution in [-0.4, -0.2) is 43.8 Å². The summed E-state index contributed by atoms with van der Waals surface area (Å²) in [6.45, 7) is 7.64. The van der Waals surface area contributed by atoms with Gasteiger partial charge >= 0.3 is 0 Å². The number of rotatable bonds is 4. The second-order valence-corrected chi connectivity index (χ2v) is 9.09. The molecule has 8 heteroatoms. The van der Waals surface area contributed by atoms with Gasteiger partial charge < -0.3 is 10.6 Å². The standard InChI is InChI=1S/2C16H15N3O/c2*1-12(2)19-16(20)15-6-5-14(11-18-15)4-3-13-7-9-17-10-8-13/h2*5-12H,1-2H3,(H,19,20). The Hall–Kier alpha value is -5.34. The average molecular weight is 531 g/mol. The van der Waals surface area contributed by atoms with E-state index < -0.39 is 0 Å². The van der Waals surface area contributed by atoms with Gasteiger partial charge in [0.25, 0.3) is 11.8 Å². The smallest absolute Gasteiger partial charge is 0.270 e. The molecule has 0 saturated carbocycles. The van der Waals surface area contributed by atoms with E-state index in [9.17, 15) is 9.59 Å². The highest BCUT2D eigenvalue weighted by Gasteiger charge is 2.08. The molecule has 4 aromatic heterocycles. The molecule has 0 aromatic carbocycles. The van der Waals surface area contributed by atoms with Crippen LogP contribution in [0.5, 0.6) is 0 Å². The van der Waals surface area contributed by atoms with Gasteiger partial charge in [-0.1, -0.05) is 23.7 Å². The van der Waals surface area contributed by atoms with E-state index in [4.69, 9.17) is 0 Å². The third kappa shape index (κ3) is 10.2. The molecule has 4 heterocycles. The number of pyridine rings is 4. The number of carbonyl (C=O) groups is 2. The van der Waals surface area contributed by atoms with Crippen molar-refractivity contribution in [3.63, 3.8) is 0 Å². The van der Waals surface area contributed by atoms with Crippen molar-refractivity contribution in [2.75, 3.05) is 0 Å². The highest BCUT2D eigenvalue weighted by Crippen LogP contribution is 2.02. The zero-order valence-corrected chi connectivity index (χ0v) is 22.8. The maximum absolute atomic E-state index is 11.7. The first-order valence-corrected chi connectivity index (χ1v) is 12.7. The van der Waals surface area contributed by atoms with Gasteiger partial charge in [-0.05, 0) is 76.2 Å². The van der Waals surface area contributed by atoms with E-state index in [-0.39, 0.29) is 23.9 Å². The van der Waals surface area contributed by atoms with Crippen LogP contribution in [0.25, 0.3) is 0 Å². The lowest BCUT2D eigenvalue weighted by Gasteiger charge is -2.07. The molecule has 4 aromatic rings. The Bertz CT molecular complexity index is 1390. The van der Waals surface area contributed by atoms with Gasteiger partial charge in [0.1, 0.15) is 11.4 Å². The van der Waals surface area contributed by atoms with Gasteiger partial charge in [0.15, 0.2) is 0 Å². The molecular weight excluding hydrogens is 500 g/mol. The number of carbonyl (C=O) groups excluding carboxylic acids is 2. The van der Waals surface area contributed by atoms with Crippen LogP contribution in [-0.2, 0) is 0 Å². The third-order valence-corrected chi connectivity index (χ3v) is 4.89. The predicted molar refractivity (Wildman–Crippen MR) is 154 cm³/mol. The molecule has 40 heavy (non-hydrogen) atoms. The van der Waals surface area contributed by atoms with Gasteiger partial charge in [0, 0.05) is 71.5 Å². The van der Waals surface area contributed by atoms with Gasteiger partial charge in [-0.3, -0.25) is 19.6 Å². The van der Waals surface area contributed by atoms with Crippen molar-refractivity contribution in [3.8, 4) is 23.7 Å². The number of nitrogens with one attached hydrogen (secondary N) is 2. The van der Waals surface area contributed by atoms with E-state index in [2.05, 4.69) is 54.3 Å². The summed E-state index contributed by atoms with van der Waals surface area (Å²) in [5.74, 6) is 11.7. The van der Waals surface area contributed by atoms with Gasteiger partial charge in [0.2, 0.25) is 0 Å². The lowest BCUT2D eigenvalue weighted by atomic mass is 10.2. The van der Waals surface area contributed by atoms with Crippen molar-refractivity contribution in [1.82, 2.24) is 30.6 Å². The topological polar surface area (TPSA) is 110 Å². The molecule has 0 aliphatic rings. The number of aromatic nitrogens is 4. The van der Waals surface area contributed by atoms with Gasteiger partial charge in [-0.25, -0.2) is 9.97 Å². The first-order valence-electron chi connectivity index (χ1n) is 12.7. The van der Waals surface area contributed by atoms with Crippen molar-refractivity contribution in [2.45, 2.75) is 39.8 Å². The summed E-state index contributed by atoms with van der Waals surface area (Å²) in [6, 6.07) is 14.5. The van der Waals surface area contributed by atoms with E-state index in [0.29, 0.717) is 11.4 Å². The Kier molecular flexibility index (Phi) is 11.1. The molecular formula is C32H30N6O2. The largest absolute Gasteiger partial charge is 0.349 e. The Morgan fingerprint density at radius 2 is 0.900 bits per heavy atom. The summed E-state index contributed by atoms with van der Waals surface area (Å²) in [4.78, 5) is 39.6. The minimum absolute atomic E-state index is 0.0930. The number of nitrogens with zero attached hydrogens (tertiary/aromatic N) is 4. The quantitative estimate of drug-likeness (QED) is 0.386. The molecule has 0 aliphatic carbocycles. The van der Waals surface area contributed by atoms with E-state index >= 15 is 0 Å². The number of hydrogen-bond acceptors (Lipinski definition) is 6.